The molecule has 0 heterocycles. The van der Waals surface area contributed by atoms with E-state index in [0.29, 0.717) is 13.2 Å². The Bertz CT molecular complexity index is 896. The molecule has 0 bridgehead atoms. The van der Waals surface area contributed by atoms with Crippen molar-refractivity contribution in [3.63, 3.8) is 0 Å². The molecule has 1 amide bonds. The summed E-state index contributed by atoms with van der Waals surface area (Å²) < 4.78 is 11.3. The number of hydrogen-bond acceptors (Lipinski definition) is 4. The Labute approximate surface area is 171 Å². The molecular weight excluding hydrogens is 364 g/mol. The summed E-state index contributed by atoms with van der Waals surface area (Å²) in [5, 5.41) is 5.99. The van der Waals surface area contributed by atoms with E-state index in [1.165, 1.54) is 5.56 Å². The van der Waals surface area contributed by atoms with Crippen LogP contribution in [0.15, 0.2) is 78.9 Å². The molecule has 3 rings (SSSR count). The van der Waals surface area contributed by atoms with Crippen molar-refractivity contribution in [1.29, 1.82) is 0 Å². The van der Waals surface area contributed by atoms with Crippen LogP contribution in [0, 0.1) is 0 Å². The van der Waals surface area contributed by atoms with Gasteiger partial charge in [-0.05, 0) is 48.9 Å². The van der Waals surface area contributed by atoms with Crippen molar-refractivity contribution >= 4 is 17.3 Å². The SMILES string of the molecule is CCOc1ccccc1NCC(=O)Nc1ccc(OCCc2ccccc2)cc1. The van der Waals surface area contributed by atoms with Crippen LogP contribution < -0.4 is 20.1 Å². The maximum atomic E-state index is 12.2. The molecule has 0 unspecified atom stereocenters. The fourth-order valence-electron chi connectivity index (χ4n) is 2.84. The van der Waals surface area contributed by atoms with Crippen molar-refractivity contribution in [2.24, 2.45) is 0 Å². The Morgan fingerprint density at radius 3 is 2.34 bits per heavy atom. The van der Waals surface area contributed by atoms with Gasteiger partial charge in [0.2, 0.25) is 5.91 Å². The number of rotatable bonds is 10. The monoisotopic (exact) mass is 390 g/mol. The van der Waals surface area contributed by atoms with Gasteiger partial charge >= 0.3 is 0 Å². The average molecular weight is 390 g/mol. The Balaban J connectivity index is 1.44. The summed E-state index contributed by atoms with van der Waals surface area (Å²) in [5.41, 5.74) is 2.77. The highest BCUT2D eigenvalue weighted by atomic mass is 16.5. The highest BCUT2D eigenvalue weighted by Crippen LogP contribution is 2.23. The molecule has 0 fully saturated rings. The molecule has 0 radical (unpaired) electrons. The minimum Gasteiger partial charge on any atom is -0.493 e. The molecule has 5 nitrogen and oxygen atoms in total. The second-order valence-corrected chi connectivity index (χ2v) is 6.44. The summed E-state index contributed by atoms with van der Waals surface area (Å²) in [6.45, 7) is 3.27. The second kappa shape index (κ2) is 10.8. The molecule has 0 saturated carbocycles. The number of nitrogens with one attached hydrogen (secondary N) is 2. The predicted octanol–water partition coefficient (Wildman–Crippen LogP) is 4.76. The lowest BCUT2D eigenvalue weighted by atomic mass is 10.2. The van der Waals surface area contributed by atoms with Gasteiger partial charge in [-0.2, -0.15) is 0 Å². The Hall–Kier alpha value is -3.47. The largest absolute Gasteiger partial charge is 0.493 e. The van der Waals surface area contributed by atoms with Crippen molar-refractivity contribution in [3.05, 3.63) is 84.4 Å². The van der Waals surface area contributed by atoms with Crippen LogP contribution >= 0.6 is 0 Å². The first kappa shape index (κ1) is 20.3. The van der Waals surface area contributed by atoms with Crippen molar-refractivity contribution in [3.8, 4) is 11.5 Å². The minimum atomic E-state index is -0.131. The Morgan fingerprint density at radius 2 is 1.59 bits per heavy atom. The normalized spacial score (nSPS) is 10.2. The van der Waals surface area contributed by atoms with Crippen LogP contribution in [0.2, 0.25) is 0 Å². The molecule has 0 aliphatic heterocycles. The van der Waals surface area contributed by atoms with Gasteiger partial charge in [-0.15, -0.1) is 0 Å². The van der Waals surface area contributed by atoms with Crippen molar-refractivity contribution in [1.82, 2.24) is 0 Å². The van der Waals surface area contributed by atoms with Gasteiger partial charge in [-0.1, -0.05) is 42.5 Å². The van der Waals surface area contributed by atoms with Crippen LogP contribution in [0.25, 0.3) is 0 Å². The highest BCUT2D eigenvalue weighted by Gasteiger charge is 2.06. The summed E-state index contributed by atoms with van der Waals surface area (Å²) in [4.78, 5) is 12.2. The molecule has 150 valence electrons. The molecule has 2 N–H and O–H groups in total. The summed E-state index contributed by atoms with van der Waals surface area (Å²) >= 11 is 0. The Morgan fingerprint density at radius 1 is 0.862 bits per heavy atom. The van der Waals surface area contributed by atoms with Gasteiger partial charge in [0.15, 0.2) is 0 Å². The van der Waals surface area contributed by atoms with Gasteiger partial charge in [0.05, 0.1) is 25.4 Å². The van der Waals surface area contributed by atoms with Crippen LogP contribution in [0.3, 0.4) is 0 Å². The number of anilines is 2. The van der Waals surface area contributed by atoms with Gasteiger partial charge in [-0.25, -0.2) is 0 Å². The van der Waals surface area contributed by atoms with Crippen molar-refractivity contribution in [2.45, 2.75) is 13.3 Å². The van der Waals surface area contributed by atoms with E-state index in [9.17, 15) is 4.79 Å². The third kappa shape index (κ3) is 6.57. The van der Waals surface area contributed by atoms with E-state index in [1.54, 1.807) is 0 Å². The third-order valence-corrected chi connectivity index (χ3v) is 4.27. The molecule has 0 atom stereocenters. The number of carbonyl (C=O) groups is 1. The molecule has 0 aliphatic rings. The minimum absolute atomic E-state index is 0.131. The molecule has 3 aromatic carbocycles. The topological polar surface area (TPSA) is 59.6 Å². The van der Waals surface area contributed by atoms with Crippen LogP contribution in [0.5, 0.6) is 11.5 Å². The summed E-state index contributed by atoms with van der Waals surface area (Å²) in [5.74, 6) is 1.39. The zero-order valence-corrected chi connectivity index (χ0v) is 16.6. The van der Waals surface area contributed by atoms with E-state index in [0.717, 1.165) is 29.3 Å². The van der Waals surface area contributed by atoms with Gasteiger partial charge < -0.3 is 20.1 Å². The van der Waals surface area contributed by atoms with E-state index >= 15 is 0 Å². The van der Waals surface area contributed by atoms with Crippen LogP contribution in [-0.2, 0) is 11.2 Å². The average Bonchev–Trinajstić information content (AvgIpc) is 2.75. The van der Waals surface area contributed by atoms with Crippen LogP contribution in [0.4, 0.5) is 11.4 Å². The van der Waals surface area contributed by atoms with E-state index in [-0.39, 0.29) is 12.5 Å². The smallest absolute Gasteiger partial charge is 0.243 e. The lowest BCUT2D eigenvalue weighted by molar-refractivity contribution is -0.114. The Kier molecular flexibility index (Phi) is 7.52. The van der Waals surface area contributed by atoms with E-state index in [4.69, 9.17) is 9.47 Å². The van der Waals surface area contributed by atoms with Crippen LogP contribution in [0.1, 0.15) is 12.5 Å². The quantitative estimate of drug-likeness (QED) is 0.524. The standard InChI is InChI=1S/C24H26N2O3/c1-2-28-23-11-7-6-10-22(23)25-18-24(27)26-20-12-14-21(15-13-20)29-17-16-19-8-4-3-5-9-19/h3-15,25H,2,16-18H2,1H3,(H,26,27). The molecule has 0 saturated heterocycles. The summed E-state index contributed by atoms with van der Waals surface area (Å²) in [6.07, 6.45) is 0.855. The van der Waals surface area contributed by atoms with Gasteiger partial charge in [0.25, 0.3) is 0 Å². The molecule has 5 heteroatoms. The number of hydrogen-bond donors (Lipinski definition) is 2. The fraction of sp³-hybridized carbons (Fsp3) is 0.208. The molecule has 0 aliphatic carbocycles. The fourth-order valence-corrected chi connectivity index (χ4v) is 2.84. The number of amides is 1. The maximum absolute atomic E-state index is 12.2. The summed E-state index contributed by atoms with van der Waals surface area (Å²) in [7, 11) is 0. The first-order valence-corrected chi connectivity index (χ1v) is 9.77. The molecule has 0 aromatic heterocycles. The number of carbonyl (C=O) groups excluding carboxylic acids is 1. The third-order valence-electron chi connectivity index (χ3n) is 4.27. The van der Waals surface area contributed by atoms with E-state index < -0.39 is 0 Å². The number of para-hydroxylation sites is 2. The maximum Gasteiger partial charge on any atom is 0.243 e. The van der Waals surface area contributed by atoms with Gasteiger partial charge in [-0.3, -0.25) is 4.79 Å². The second-order valence-electron chi connectivity index (χ2n) is 6.44. The zero-order valence-electron chi connectivity index (χ0n) is 16.6. The number of ether oxygens (including phenoxy) is 2. The van der Waals surface area contributed by atoms with Gasteiger partial charge in [0.1, 0.15) is 11.5 Å². The van der Waals surface area contributed by atoms with Gasteiger partial charge in [0, 0.05) is 12.1 Å². The van der Waals surface area contributed by atoms with Crippen LogP contribution in [-0.4, -0.2) is 25.7 Å². The first-order valence-electron chi connectivity index (χ1n) is 9.77. The van der Waals surface area contributed by atoms with Crippen molar-refractivity contribution in [2.75, 3.05) is 30.4 Å². The molecule has 0 spiro atoms. The van der Waals surface area contributed by atoms with E-state index in [1.807, 2.05) is 73.7 Å². The molecule has 29 heavy (non-hydrogen) atoms. The highest BCUT2D eigenvalue weighted by molar-refractivity contribution is 5.94. The lowest BCUT2D eigenvalue weighted by Gasteiger charge is -2.12. The van der Waals surface area contributed by atoms with Crippen molar-refractivity contribution < 1.29 is 14.3 Å². The lowest BCUT2D eigenvalue weighted by Crippen LogP contribution is -2.22. The zero-order chi connectivity index (χ0) is 20.3. The summed E-state index contributed by atoms with van der Waals surface area (Å²) in [6, 6.07) is 25.2. The predicted molar refractivity (Wildman–Crippen MR) is 117 cm³/mol. The molecular formula is C24H26N2O3. The van der Waals surface area contributed by atoms with E-state index in [2.05, 4.69) is 22.8 Å². The number of benzene rings is 3. The first-order chi connectivity index (χ1) is 14.2. The molecule has 3 aromatic rings.